The quantitative estimate of drug-likeness (QED) is 0.872. The first-order valence-corrected chi connectivity index (χ1v) is 7.01. The van der Waals surface area contributed by atoms with Gasteiger partial charge in [-0.3, -0.25) is 0 Å². The maximum absolute atomic E-state index is 6.40. The molecule has 0 amide bonds. The van der Waals surface area contributed by atoms with Crippen LogP contribution in [0, 0.1) is 13.8 Å². The minimum absolute atomic E-state index is 0.0775. The normalized spacial score (nSPS) is 12.4. The summed E-state index contributed by atoms with van der Waals surface area (Å²) in [4.78, 5) is 0. The summed E-state index contributed by atoms with van der Waals surface area (Å²) in [7, 11) is 0. The van der Waals surface area contributed by atoms with E-state index in [0.717, 1.165) is 12.8 Å². The van der Waals surface area contributed by atoms with Crippen LogP contribution in [0.3, 0.4) is 0 Å². The van der Waals surface area contributed by atoms with Gasteiger partial charge < -0.3 is 5.73 Å². The summed E-state index contributed by atoms with van der Waals surface area (Å²) < 4.78 is 0. The van der Waals surface area contributed by atoms with Gasteiger partial charge in [-0.05, 0) is 54.5 Å². The van der Waals surface area contributed by atoms with Crippen molar-refractivity contribution in [3.8, 4) is 0 Å². The van der Waals surface area contributed by atoms with Gasteiger partial charge in [-0.15, -0.1) is 0 Å². The lowest BCUT2D eigenvalue weighted by Gasteiger charge is -2.17. The highest BCUT2D eigenvalue weighted by molar-refractivity contribution is 5.37. The van der Waals surface area contributed by atoms with Crippen LogP contribution >= 0.6 is 0 Å². The summed E-state index contributed by atoms with van der Waals surface area (Å²) in [5, 5.41) is 0. The molecular weight excluding hydrogens is 230 g/mol. The van der Waals surface area contributed by atoms with Gasteiger partial charge >= 0.3 is 0 Å². The first-order valence-electron chi connectivity index (χ1n) is 7.01. The lowest BCUT2D eigenvalue weighted by Crippen LogP contribution is -2.16. The van der Waals surface area contributed by atoms with Crippen molar-refractivity contribution in [1.29, 1.82) is 0 Å². The number of nitrogens with two attached hydrogens (primary N) is 1. The molecule has 2 aromatic rings. The van der Waals surface area contributed by atoms with Gasteiger partial charge in [0.15, 0.2) is 0 Å². The molecule has 0 fully saturated rings. The number of aryl methyl sites for hydroxylation is 3. The number of hydrogen-bond donors (Lipinski definition) is 1. The zero-order valence-electron chi connectivity index (χ0n) is 12.1. The third kappa shape index (κ3) is 3.24. The molecule has 0 saturated carbocycles. The second kappa shape index (κ2) is 6.03. The highest BCUT2D eigenvalue weighted by atomic mass is 14.6. The van der Waals surface area contributed by atoms with Gasteiger partial charge in [0, 0.05) is 6.04 Å². The lowest BCUT2D eigenvalue weighted by atomic mass is 9.92. The Kier molecular flexibility index (Phi) is 4.39. The van der Waals surface area contributed by atoms with Crippen molar-refractivity contribution >= 4 is 0 Å². The average Bonchev–Trinajstić information content (AvgIpc) is 2.39. The SMILES string of the molecule is CCc1ccc(CC(N)c2c(C)cccc2C)cc1. The zero-order chi connectivity index (χ0) is 13.8. The van der Waals surface area contributed by atoms with E-state index in [4.69, 9.17) is 5.73 Å². The van der Waals surface area contributed by atoms with E-state index in [-0.39, 0.29) is 6.04 Å². The molecule has 0 aliphatic carbocycles. The predicted octanol–water partition coefficient (Wildman–Crippen LogP) is 4.11. The topological polar surface area (TPSA) is 26.0 Å². The fourth-order valence-electron chi connectivity index (χ4n) is 2.68. The number of benzene rings is 2. The summed E-state index contributed by atoms with van der Waals surface area (Å²) in [6.45, 7) is 6.46. The smallest absolute Gasteiger partial charge is 0.0341 e. The highest BCUT2D eigenvalue weighted by Crippen LogP contribution is 2.23. The molecule has 0 aliphatic heterocycles. The Labute approximate surface area is 116 Å². The van der Waals surface area contributed by atoms with Crippen LogP contribution in [-0.4, -0.2) is 0 Å². The van der Waals surface area contributed by atoms with Crippen molar-refractivity contribution in [2.75, 3.05) is 0 Å². The molecule has 2 aromatic carbocycles. The Morgan fingerprint density at radius 1 is 0.895 bits per heavy atom. The number of hydrogen-bond acceptors (Lipinski definition) is 1. The van der Waals surface area contributed by atoms with Crippen molar-refractivity contribution in [1.82, 2.24) is 0 Å². The first kappa shape index (κ1) is 13.8. The van der Waals surface area contributed by atoms with Gasteiger partial charge in [-0.25, -0.2) is 0 Å². The summed E-state index contributed by atoms with van der Waals surface area (Å²) in [5.74, 6) is 0. The van der Waals surface area contributed by atoms with Gasteiger partial charge in [0.2, 0.25) is 0 Å². The molecule has 1 atom stereocenters. The summed E-state index contributed by atoms with van der Waals surface area (Å²) in [6.07, 6.45) is 1.99. The molecule has 19 heavy (non-hydrogen) atoms. The Morgan fingerprint density at radius 2 is 1.42 bits per heavy atom. The van der Waals surface area contributed by atoms with Crippen molar-refractivity contribution in [2.24, 2.45) is 5.73 Å². The molecule has 1 nitrogen and oxygen atoms in total. The molecule has 1 unspecified atom stereocenters. The third-order valence-electron chi connectivity index (χ3n) is 3.80. The van der Waals surface area contributed by atoms with Crippen LogP contribution < -0.4 is 5.73 Å². The van der Waals surface area contributed by atoms with E-state index in [1.807, 2.05) is 0 Å². The van der Waals surface area contributed by atoms with Gasteiger partial charge in [-0.1, -0.05) is 49.4 Å². The molecule has 0 aliphatic rings. The van der Waals surface area contributed by atoms with Crippen LogP contribution in [0.15, 0.2) is 42.5 Å². The van der Waals surface area contributed by atoms with Crippen molar-refractivity contribution in [3.05, 3.63) is 70.3 Å². The summed E-state index contributed by atoms with van der Waals surface area (Å²) in [6, 6.07) is 15.3. The Bertz CT molecular complexity index is 520. The van der Waals surface area contributed by atoms with Gasteiger partial charge in [0.25, 0.3) is 0 Å². The van der Waals surface area contributed by atoms with Crippen molar-refractivity contribution < 1.29 is 0 Å². The van der Waals surface area contributed by atoms with Crippen LogP contribution in [0.25, 0.3) is 0 Å². The molecule has 100 valence electrons. The Balaban J connectivity index is 2.18. The Hall–Kier alpha value is -1.60. The minimum atomic E-state index is 0.0775. The van der Waals surface area contributed by atoms with E-state index in [9.17, 15) is 0 Å². The molecule has 0 aromatic heterocycles. The standard InChI is InChI=1S/C18H23N/c1-4-15-8-10-16(11-9-15)12-17(19)18-13(2)6-5-7-14(18)3/h5-11,17H,4,12,19H2,1-3H3. The minimum Gasteiger partial charge on any atom is -0.324 e. The maximum Gasteiger partial charge on any atom is 0.0341 e. The molecule has 0 spiro atoms. The van der Waals surface area contributed by atoms with Crippen LogP contribution in [0.1, 0.15) is 40.8 Å². The maximum atomic E-state index is 6.40. The predicted molar refractivity (Wildman–Crippen MR) is 82.4 cm³/mol. The van der Waals surface area contributed by atoms with Gasteiger partial charge in [0.05, 0.1) is 0 Å². The first-order chi connectivity index (χ1) is 9.11. The van der Waals surface area contributed by atoms with Crippen LogP contribution in [0.4, 0.5) is 0 Å². The molecule has 0 radical (unpaired) electrons. The second-order valence-corrected chi connectivity index (χ2v) is 5.29. The molecule has 0 bridgehead atoms. The molecule has 2 N–H and O–H groups in total. The molecule has 0 heterocycles. The highest BCUT2D eigenvalue weighted by Gasteiger charge is 2.12. The second-order valence-electron chi connectivity index (χ2n) is 5.29. The van der Waals surface area contributed by atoms with E-state index >= 15 is 0 Å². The van der Waals surface area contributed by atoms with Crippen LogP contribution in [0.2, 0.25) is 0 Å². The zero-order valence-corrected chi connectivity index (χ0v) is 12.1. The van der Waals surface area contributed by atoms with Crippen LogP contribution in [-0.2, 0) is 12.8 Å². The van der Waals surface area contributed by atoms with E-state index in [0.29, 0.717) is 0 Å². The van der Waals surface area contributed by atoms with Gasteiger partial charge in [-0.2, -0.15) is 0 Å². The average molecular weight is 253 g/mol. The summed E-state index contributed by atoms with van der Waals surface area (Å²) >= 11 is 0. The molecule has 0 saturated heterocycles. The van der Waals surface area contributed by atoms with Gasteiger partial charge in [0.1, 0.15) is 0 Å². The molecule has 2 rings (SSSR count). The van der Waals surface area contributed by atoms with Crippen molar-refractivity contribution in [2.45, 2.75) is 39.7 Å². The fraction of sp³-hybridized carbons (Fsp3) is 0.333. The molecular formula is C18H23N. The lowest BCUT2D eigenvalue weighted by molar-refractivity contribution is 0.711. The monoisotopic (exact) mass is 253 g/mol. The third-order valence-corrected chi connectivity index (χ3v) is 3.80. The largest absolute Gasteiger partial charge is 0.324 e. The molecule has 1 heteroatoms. The number of rotatable bonds is 4. The fourth-order valence-corrected chi connectivity index (χ4v) is 2.68. The van der Waals surface area contributed by atoms with Crippen LogP contribution in [0.5, 0.6) is 0 Å². The van der Waals surface area contributed by atoms with E-state index in [1.54, 1.807) is 0 Å². The van der Waals surface area contributed by atoms with E-state index in [1.165, 1.54) is 27.8 Å². The Morgan fingerprint density at radius 3 is 1.95 bits per heavy atom. The van der Waals surface area contributed by atoms with Crippen molar-refractivity contribution in [3.63, 3.8) is 0 Å². The van der Waals surface area contributed by atoms with E-state index < -0.39 is 0 Å². The van der Waals surface area contributed by atoms with E-state index in [2.05, 4.69) is 63.2 Å². The summed E-state index contributed by atoms with van der Waals surface area (Å²) in [5.41, 5.74) is 13.0.